The summed E-state index contributed by atoms with van der Waals surface area (Å²) in [5, 5.41) is 19.2. The van der Waals surface area contributed by atoms with Gasteiger partial charge in [-0.1, -0.05) is 12.1 Å². The van der Waals surface area contributed by atoms with Crippen molar-refractivity contribution in [3.8, 4) is 17.2 Å². The van der Waals surface area contributed by atoms with Gasteiger partial charge in [0.15, 0.2) is 5.58 Å². The number of carboxylic acids is 1. The van der Waals surface area contributed by atoms with E-state index < -0.39 is 5.97 Å². The van der Waals surface area contributed by atoms with E-state index in [-0.39, 0.29) is 22.8 Å². The zero-order chi connectivity index (χ0) is 14.3. The molecule has 1 aromatic heterocycles. The summed E-state index contributed by atoms with van der Waals surface area (Å²) in [6.07, 6.45) is 0. The Balaban J connectivity index is 2.25. The van der Waals surface area contributed by atoms with Crippen molar-refractivity contribution in [2.45, 2.75) is 6.92 Å². The average molecular weight is 269 g/mol. The number of carboxylic acid groups (broad SMARTS) is 1. The number of aromatic nitrogens is 1. The molecule has 5 heteroatoms. The molecule has 3 rings (SSSR count). The van der Waals surface area contributed by atoms with Gasteiger partial charge in [-0.3, -0.25) is 0 Å². The van der Waals surface area contributed by atoms with Gasteiger partial charge < -0.3 is 14.6 Å². The van der Waals surface area contributed by atoms with Crippen LogP contribution in [-0.4, -0.2) is 21.2 Å². The van der Waals surface area contributed by atoms with Crippen molar-refractivity contribution in [1.29, 1.82) is 0 Å². The highest BCUT2D eigenvalue weighted by atomic mass is 16.4. The Morgan fingerprint density at radius 1 is 1.25 bits per heavy atom. The quantitative estimate of drug-likeness (QED) is 0.746. The fraction of sp³-hybridized carbons (Fsp3) is 0.0667. The maximum Gasteiger partial charge on any atom is 0.339 e. The van der Waals surface area contributed by atoms with Gasteiger partial charge in [0, 0.05) is 0 Å². The van der Waals surface area contributed by atoms with Crippen LogP contribution in [0.5, 0.6) is 5.75 Å². The average Bonchev–Trinajstić information content (AvgIpc) is 2.84. The van der Waals surface area contributed by atoms with E-state index in [0.29, 0.717) is 16.7 Å². The molecule has 2 N–H and O–H groups in total. The molecule has 0 radical (unpaired) electrons. The number of oxazole rings is 1. The lowest BCUT2D eigenvalue weighted by Crippen LogP contribution is -1.99. The lowest BCUT2D eigenvalue weighted by atomic mass is 10.0. The molecule has 0 aliphatic carbocycles. The maximum absolute atomic E-state index is 11.1. The first kappa shape index (κ1) is 12.2. The van der Waals surface area contributed by atoms with Crippen molar-refractivity contribution in [2.75, 3.05) is 0 Å². The molecule has 0 aliphatic heterocycles. The Morgan fingerprint density at radius 3 is 2.70 bits per heavy atom. The molecule has 3 aromatic rings. The second-order valence-electron chi connectivity index (χ2n) is 4.50. The Morgan fingerprint density at radius 2 is 2.00 bits per heavy atom. The number of para-hydroxylation sites is 2. The fourth-order valence-electron chi connectivity index (χ4n) is 2.09. The number of nitrogens with zero attached hydrogens (tertiary/aromatic N) is 1. The standard InChI is InChI=1S/C15H11NO4/c1-8-6-9(13(17)10(7-8)15(18)19)14-16-11-4-2-3-5-12(11)20-14/h2-7,17H,1H3,(H,18,19). The van der Waals surface area contributed by atoms with Crippen LogP contribution in [0.4, 0.5) is 0 Å². The lowest BCUT2D eigenvalue weighted by Gasteiger charge is -2.05. The van der Waals surface area contributed by atoms with Crippen LogP contribution < -0.4 is 0 Å². The molecule has 1 heterocycles. The predicted octanol–water partition coefficient (Wildman–Crippen LogP) is 3.21. The normalized spacial score (nSPS) is 10.8. The number of carbonyl (C=O) groups is 1. The van der Waals surface area contributed by atoms with Gasteiger partial charge in [0.1, 0.15) is 16.8 Å². The van der Waals surface area contributed by atoms with Crippen LogP contribution >= 0.6 is 0 Å². The van der Waals surface area contributed by atoms with E-state index in [1.807, 2.05) is 12.1 Å². The first-order valence-electron chi connectivity index (χ1n) is 5.99. The molecular weight excluding hydrogens is 258 g/mol. The topological polar surface area (TPSA) is 83.6 Å². The number of hydrogen-bond acceptors (Lipinski definition) is 4. The highest BCUT2D eigenvalue weighted by Gasteiger charge is 2.19. The molecule has 0 saturated carbocycles. The van der Waals surface area contributed by atoms with Crippen molar-refractivity contribution in [1.82, 2.24) is 4.98 Å². The zero-order valence-corrected chi connectivity index (χ0v) is 10.6. The third-order valence-electron chi connectivity index (χ3n) is 3.01. The summed E-state index contributed by atoms with van der Waals surface area (Å²) in [5.74, 6) is -1.33. The summed E-state index contributed by atoms with van der Waals surface area (Å²) in [5.41, 5.74) is 2.05. The summed E-state index contributed by atoms with van der Waals surface area (Å²) in [4.78, 5) is 15.4. The Hall–Kier alpha value is -2.82. The summed E-state index contributed by atoms with van der Waals surface area (Å²) in [6, 6.07) is 10.2. The number of aromatic carboxylic acids is 1. The number of phenols is 1. The van der Waals surface area contributed by atoms with E-state index in [1.54, 1.807) is 25.1 Å². The number of hydrogen-bond donors (Lipinski definition) is 2. The van der Waals surface area contributed by atoms with Gasteiger partial charge in [0.25, 0.3) is 0 Å². The van der Waals surface area contributed by atoms with Crippen molar-refractivity contribution < 1.29 is 19.4 Å². The molecule has 5 nitrogen and oxygen atoms in total. The monoisotopic (exact) mass is 269 g/mol. The maximum atomic E-state index is 11.1. The second-order valence-corrected chi connectivity index (χ2v) is 4.50. The minimum atomic E-state index is -1.19. The highest BCUT2D eigenvalue weighted by molar-refractivity contribution is 5.94. The van der Waals surface area contributed by atoms with Gasteiger partial charge in [-0.05, 0) is 36.8 Å². The summed E-state index contributed by atoms with van der Waals surface area (Å²) >= 11 is 0. The molecule has 2 aromatic carbocycles. The van der Waals surface area contributed by atoms with Crippen molar-refractivity contribution >= 4 is 17.1 Å². The van der Waals surface area contributed by atoms with Crippen molar-refractivity contribution in [3.05, 3.63) is 47.5 Å². The largest absolute Gasteiger partial charge is 0.506 e. The van der Waals surface area contributed by atoms with Crippen LogP contribution in [-0.2, 0) is 0 Å². The first-order chi connectivity index (χ1) is 9.56. The van der Waals surface area contributed by atoms with E-state index in [1.165, 1.54) is 6.07 Å². The minimum absolute atomic E-state index is 0.165. The lowest BCUT2D eigenvalue weighted by molar-refractivity contribution is 0.0693. The van der Waals surface area contributed by atoms with Crippen LogP contribution in [0.15, 0.2) is 40.8 Å². The van der Waals surface area contributed by atoms with Crippen LogP contribution in [0.3, 0.4) is 0 Å². The second kappa shape index (κ2) is 4.38. The third-order valence-corrected chi connectivity index (χ3v) is 3.01. The number of aromatic hydroxyl groups is 1. The molecule has 0 aliphatic rings. The van der Waals surface area contributed by atoms with Crippen LogP contribution in [0.1, 0.15) is 15.9 Å². The van der Waals surface area contributed by atoms with Crippen LogP contribution in [0.25, 0.3) is 22.6 Å². The molecule has 0 atom stereocenters. The minimum Gasteiger partial charge on any atom is -0.506 e. The number of rotatable bonds is 2. The smallest absolute Gasteiger partial charge is 0.339 e. The molecule has 100 valence electrons. The van der Waals surface area contributed by atoms with E-state index >= 15 is 0 Å². The van der Waals surface area contributed by atoms with Crippen LogP contribution in [0.2, 0.25) is 0 Å². The number of fused-ring (bicyclic) bond motifs is 1. The SMILES string of the molecule is Cc1cc(C(=O)O)c(O)c(-c2nc3ccccc3o2)c1. The van der Waals surface area contributed by atoms with E-state index in [4.69, 9.17) is 9.52 Å². The predicted molar refractivity (Wildman–Crippen MR) is 72.8 cm³/mol. The summed E-state index contributed by atoms with van der Waals surface area (Å²) in [7, 11) is 0. The van der Waals surface area contributed by atoms with Gasteiger partial charge in [-0.2, -0.15) is 0 Å². The molecule has 0 bridgehead atoms. The zero-order valence-electron chi connectivity index (χ0n) is 10.6. The van der Waals surface area contributed by atoms with E-state index in [9.17, 15) is 9.90 Å². The van der Waals surface area contributed by atoms with Gasteiger partial charge in [-0.25, -0.2) is 9.78 Å². The van der Waals surface area contributed by atoms with Crippen molar-refractivity contribution in [3.63, 3.8) is 0 Å². The fourth-order valence-corrected chi connectivity index (χ4v) is 2.09. The van der Waals surface area contributed by atoms with Gasteiger partial charge >= 0.3 is 5.97 Å². The summed E-state index contributed by atoms with van der Waals surface area (Å²) in [6.45, 7) is 1.75. The summed E-state index contributed by atoms with van der Waals surface area (Å²) < 4.78 is 5.56. The number of aryl methyl sites for hydroxylation is 1. The van der Waals surface area contributed by atoms with Gasteiger partial charge in [0.2, 0.25) is 5.89 Å². The molecule has 20 heavy (non-hydrogen) atoms. The van der Waals surface area contributed by atoms with E-state index in [2.05, 4.69) is 4.98 Å². The molecule has 0 amide bonds. The first-order valence-corrected chi connectivity index (χ1v) is 5.99. The molecule has 0 spiro atoms. The van der Waals surface area contributed by atoms with Crippen molar-refractivity contribution in [2.24, 2.45) is 0 Å². The van der Waals surface area contributed by atoms with E-state index in [0.717, 1.165) is 0 Å². The third kappa shape index (κ3) is 1.89. The number of benzene rings is 2. The van der Waals surface area contributed by atoms with Crippen LogP contribution in [0, 0.1) is 6.92 Å². The molecule has 0 fully saturated rings. The van der Waals surface area contributed by atoms with Gasteiger partial charge in [0.05, 0.1) is 5.56 Å². The Labute approximate surface area is 114 Å². The Kier molecular flexibility index (Phi) is 2.68. The Bertz CT molecular complexity index is 787. The van der Waals surface area contributed by atoms with Gasteiger partial charge in [-0.15, -0.1) is 0 Å². The highest BCUT2D eigenvalue weighted by Crippen LogP contribution is 2.34. The molecule has 0 unspecified atom stereocenters. The molecular formula is C15H11NO4. The molecule has 0 saturated heterocycles.